The average molecular weight is 339 g/mol. The fraction of sp³-hybridized carbons (Fsp3) is 0.500. The standard InChI is InChI=1S/C14H18ClF3N2O2/c1-2-20(7-8-21)13(22)19-12(9-14(16,17)18)10-3-5-11(15)6-4-10/h3-6,12,21H,2,7-9H2,1H3,(H,19,22). The average Bonchev–Trinajstić information content (AvgIpc) is 2.43. The van der Waals surface area contributed by atoms with Gasteiger partial charge in [-0.2, -0.15) is 13.2 Å². The largest absolute Gasteiger partial charge is 0.395 e. The summed E-state index contributed by atoms with van der Waals surface area (Å²) >= 11 is 5.72. The molecule has 1 aromatic rings. The first-order valence-electron chi connectivity index (χ1n) is 6.75. The molecule has 8 heteroatoms. The molecule has 1 atom stereocenters. The van der Waals surface area contributed by atoms with Crippen molar-refractivity contribution in [1.29, 1.82) is 0 Å². The molecule has 0 aromatic heterocycles. The predicted molar refractivity (Wildman–Crippen MR) is 77.7 cm³/mol. The minimum absolute atomic E-state index is 0.0572. The summed E-state index contributed by atoms with van der Waals surface area (Å²) in [6, 6.07) is 3.97. The number of urea groups is 1. The molecule has 1 aromatic carbocycles. The lowest BCUT2D eigenvalue weighted by molar-refractivity contribution is -0.139. The van der Waals surface area contributed by atoms with E-state index in [1.807, 2.05) is 0 Å². The van der Waals surface area contributed by atoms with E-state index in [1.54, 1.807) is 6.92 Å². The van der Waals surface area contributed by atoms with Gasteiger partial charge in [0.2, 0.25) is 0 Å². The second-order valence-corrected chi connectivity index (χ2v) is 5.11. The normalized spacial score (nSPS) is 12.8. The summed E-state index contributed by atoms with van der Waals surface area (Å²) < 4.78 is 38.2. The Hall–Kier alpha value is -1.47. The molecule has 124 valence electrons. The predicted octanol–water partition coefficient (Wildman–Crippen LogP) is 3.36. The number of rotatable bonds is 6. The van der Waals surface area contributed by atoms with Gasteiger partial charge in [-0.3, -0.25) is 0 Å². The van der Waals surface area contributed by atoms with E-state index in [1.165, 1.54) is 29.2 Å². The Morgan fingerprint density at radius 2 is 1.95 bits per heavy atom. The maximum atomic E-state index is 12.7. The summed E-state index contributed by atoms with van der Waals surface area (Å²) in [4.78, 5) is 13.2. The topological polar surface area (TPSA) is 52.6 Å². The van der Waals surface area contributed by atoms with Gasteiger partial charge < -0.3 is 15.3 Å². The van der Waals surface area contributed by atoms with Gasteiger partial charge in [0.15, 0.2) is 0 Å². The van der Waals surface area contributed by atoms with E-state index in [4.69, 9.17) is 16.7 Å². The lowest BCUT2D eigenvalue weighted by Gasteiger charge is -2.26. The van der Waals surface area contributed by atoms with Crippen molar-refractivity contribution in [3.63, 3.8) is 0 Å². The number of benzene rings is 1. The van der Waals surface area contributed by atoms with Gasteiger partial charge in [-0.15, -0.1) is 0 Å². The number of aliphatic hydroxyl groups is 1. The van der Waals surface area contributed by atoms with Crippen LogP contribution in [0.1, 0.15) is 24.9 Å². The monoisotopic (exact) mass is 338 g/mol. The fourth-order valence-corrected chi connectivity index (χ4v) is 2.07. The Labute approximate surface area is 131 Å². The first-order valence-corrected chi connectivity index (χ1v) is 7.13. The van der Waals surface area contributed by atoms with E-state index in [-0.39, 0.29) is 19.7 Å². The van der Waals surface area contributed by atoms with Gasteiger partial charge >= 0.3 is 12.2 Å². The third-order valence-electron chi connectivity index (χ3n) is 3.04. The van der Waals surface area contributed by atoms with Gasteiger partial charge in [-0.25, -0.2) is 4.79 Å². The zero-order valence-electron chi connectivity index (χ0n) is 12.0. The van der Waals surface area contributed by atoms with E-state index in [2.05, 4.69) is 5.32 Å². The Kier molecular flexibility index (Phi) is 6.96. The smallest absolute Gasteiger partial charge is 0.391 e. The van der Waals surface area contributed by atoms with E-state index >= 15 is 0 Å². The lowest BCUT2D eigenvalue weighted by atomic mass is 10.0. The van der Waals surface area contributed by atoms with Gasteiger partial charge in [-0.1, -0.05) is 23.7 Å². The second-order valence-electron chi connectivity index (χ2n) is 4.68. The Balaban J connectivity index is 2.91. The Morgan fingerprint density at radius 3 is 2.41 bits per heavy atom. The molecule has 0 saturated carbocycles. The molecule has 0 spiro atoms. The summed E-state index contributed by atoms with van der Waals surface area (Å²) in [5, 5.41) is 11.6. The number of alkyl halides is 3. The molecule has 0 bridgehead atoms. The van der Waals surface area contributed by atoms with Crippen molar-refractivity contribution in [3.8, 4) is 0 Å². The quantitative estimate of drug-likeness (QED) is 0.835. The number of aliphatic hydroxyl groups excluding tert-OH is 1. The maximum Gasteiger partial charge on any atom is 0.391 e. The van der Waals surface area contributed by atoms with Crippen molar-refractivity contribution < 1.29 is 23.1 Å². The minimum Gasteiger partial charge on any atom is -0.395 e. The van der Waals surface area contributed by atoms with Gasteiger partial charge in [0, 0.05) is 18.1 Å². The summed E-state index contributed by atoms with van der Waals surface area (Å²) in [6.07, 6.45) is -5.61. The van der Waals surface area contributed by atoms with Crippen LogP contribution < -0.4 is 5.32 Å². The molecule has 0 saturated heterocycles. The van der Waals surface area contributed by atoms with Gasteiger partial charge in [0.1, 0.15) is 0 Å². The van der Waals surface area contributed by atoms with Crippen LogP contribution in [0.2, 0.25) is 5.02 Å². The molecular weight excluding hydrogens is 321 g/mol. The highest BCUT2D eigenvalue weighted by molar-refractivity contribution is 6.30. The molecule has 4 nitrogen and oxygen atoms in total. The third-order valence-corrected chi connectivity index (χ3v) is 3.30. The van der Waals surface area contributed by atoms with Crippen LogP contribution in [0.25, 0.3) is 0 Å². The van der Waals surface area contributed by atoms with Crippen LogP contribution in [-0.2, 0) is 0 Å². The summed E-state index contributed by atoms with van der Waals surface area (Å²) in [5.74, 6) is 0. The van der Waals surface area contributed by atoms with Gasteiger partial charge in [0.05, 0.1) is 19.1 Å². The third kappa shape index (κ3) is 6.11. The number of carbonyl (C=O) groups excluding carboxylic acids is 1. The molecule has 0 fully saturated rings. The molecule has 2 amide bonds. The van der Waals surface area contributed by atoms with Crippen molar-refractivity contribution in [3.05, 3.63) is 34.9 Å². The summed E-state index contributed by atoms with van der Waals surface area (Å²) in [7, 11) is 0. The van der Waals surface area contributed by atoms with Crippen LogP contribution in [0.15, 0.2) is 24.3 Å². The number of nitrogens with one attached hydrogen (secondary N) is 1. The molecule has 0 aliphatic heterocycles. The fourth-order valence-electron chi connectivity index (χ4n) is 1.94. The van der Waals surface area contributed by atoms with Crippen LogP contribution in [0, 0.1) is 0 Å². The van der Waals surface area contributed by atoms with E-state index in [0.29, 0.717) is 10.6 Å². The van der Waals surface area contributed by atoms with Crippen molar-refractivity contribution in [2.45, 2.75) is 25.6 Å². The highest BCUT2D eigenvalue weighted by Gasteiger charge is 2.34. The zero-order valence-corrected chi connectivity index (χ0v) is 12.8. The van der Waals surface area contributed by atoms with E-state index in [9.17, 15) is 18.0 Å². The Morgan fingerprint density at radius 1 is 1.36 bits per heavy atom. The highest BCUT2D eigenvalue weighted by atomic mass is 35.5. The number of likely N-dealkylation sites (N-methyl/N-ethyl adjacent to an activating group) is 1. The number of hydrogen-bond acceptors (Lipinski definition) is 2. The number of carbonyl (C=O) groups is 1. The molecule has 2 N–H and O–H groups in total. The van der Waals surface area contributed by atoms with Crippen LogP contribution >= 0.6 is 11.6 Å². The molecule has 0 radical (unpaired) electrons. The highest BCUT2D eigenvalue weighted by Crippen LogP contribution is 2.30. The van der Waals surface area contributed by atoms with E-state index in [0.717, 1.165) is 0 Å². The molecular formula is C14H18ClF3N2O2. The molecule has 0 aliphatic rings. The van der Waals surface area contributed by atoms with Crippen molar-refractivity contribution in [1.82, 2.24) is 10.2 Å². The number of hydrogen-bond donors (Lipinski definition) is 2. The molecule has 1 rings (SSSR count). The molecule has 1 unspecified atom stereocenters. The number of halogens is 4. The number of amides is 2. The maximum absolute atomic E-state index is 12.7. The zero-order chi connectivity index (χ0) is 16.8. The van der Waals surface area contributed by atoms with Crippen molar-refractivity contribution in [2.24, 2.45) is 0 Å². The van der Waals surface area contributed by atoms with Crippen molar-refractivity contribution in [2.75, 3.05) is 19.7 Å². The lowest BCUT2D eigenvalue weighted by Crippen LogP contribution is -2.43. The van der Waals surface area contributed by atoms with E-state index < -0.39 is 24.7 Å². The van der Waals surface area contributed by atoms with Crippen LogP contribution in [0.5, 0.6) is 0 Å². The van der Waals surface area contributed by atoms with Crippen LogP contribution in [-0.4, -0.2) is 41.9 Å². The molecule has 0 heterocycles. The van der Waals surface area contributed by atoms with Gasteiger partial charge in [0.25, 0.3) is 0 Å². The summed E-state index contributed by atoms with van der Waals surface area (Å²) in [6.45, 7) is 1.76. The van der Waals surface area contributed by atoms with Crippen LogP contribution in [0.3, 0.4) is 0 Å². The Bertz CT molecular complexity index is 480. The molecule has 22 heavy (non-hydrogen) atoms. The molecule has 0 aliphatic carbocycles. The number of nitrogens with zero attached hydrogens (tertiary/aromatic N) is 1. The first-order chi connectivity index (χ1) is 10.3. The summed E-state index contributed by atoms with van der Waals surface area (Å²) in [5.41, 5.74) is 0.315. The van der Waals surface area contributed by atoms with Crippen LogP contribution in [0.4, 0.5) is 18.0 Å². The minimum atomic E-state index is -4.42. The SMILES string of the molecule is CCN(CCO)C(=O)NC(CC(F)(F)F)c1ccc(Cl)cc1. The van der Waals surface area contributed by atoms with Crippen molar-refractivity contribution >= 4 is 17.6 Å². The van der Waals surface area contributed by atoms with Gasteiger partial charge in [-0.05, 0) is 24.6 Å². The second kappa shape index (κ2) is 8.24. The first kappa shape index (κ1) is 18.6.